The predicted octanol–water partition coefficient (Wildman–Crippen LogP) is 3.65. The number of carbonyl (C=O) groups is 1. The van der Waals surface area contributed by atoms with E-state index in [0.717, 1.165) is 19.3 Å². The van der Waals surface area contributed by atoms with E-state index in [1.54, 1.807) is 30.3 Å². The number of amides is 1. The van der Waals surface area contributed by atoms with Crippen molar-refractivity contribution in [3.63, 3.8) is 0 Å². The van der Waals surface area contributed by atoms with Crippen molar-refractivity contribution in [1.82, 2.24) is 4.31 Å². The van der Waals surface area contributed by atoms with Gasteiger partial charge in [-0.05, 0) is 43.2 Å². The summed E-state index contributed by atoms with van der Waals surface area (Å²) in [4.78, 5) is 12.2. The van der Waals surface area contributed by atoms with E-state index in [-0.39, 0.29) is 4.90 Å². The van der Waals surface area contributed by atoms with Gasteiger partial charge in [0.15, 0.2) is 0 Å². The Kier molecular flexibility index (Phi) is 6.03. The minimum absolute atomic E-state index is 0.153. The zero-order chi connectivity index (χ0) is 19.3. The quantitative estimate of drug-likeness (QED) is 0.795. The second-order valence-electron chi connectivity index (χ2n) is 6.34. The van der Waals surface area contributed by atoms with E-state index in [2.05, 4.69) is 5.32 Å². The lowest BCUT2D eigenvalue weighted by Gasteiger charge is -2.26. The van der Waals surface area contributed by atoms with E-state index in [1.807, 2.05) is 0 Å². The maximum Gasteiger partial charge on any atom is 0.248 e. The third-order valence-corrected chi connectivity index (χ3v) is 6.27. The Balaban J connectivity index is 1.72. The van der Waals surface area contributed by atoms with Crippen LogP contribution in [-0.4, -0.2) is 31.7 Å². The fourth-order valence-corrected chi connectivity index (χ4v) is 4.51. The molecule has 2 aromatic rings. The molecule has 142 valence electrons. The molecule has 1 heterocycles. The van der Waals surface area contributed by atoms with Crippen molar-refractivity contribution in [2.75, 3.05) is 18.4 Å². The lowest BCUT2D eigenvalue weighted by Crippen LogP contribution is -2.35. The van der Waals surface area contributed by atoms with Gasteiger partial charge < -0.3 is 5.32 Å². The normalized spacial score (nSPS) is 15.7. The molecule has 0 radical (unpaired) electrons. The van der Waals surface area contributed by atoms with Gasteiger partial charge in [0.25, 0.3) is 0 Å². The lowest BCUT2D eigenvalue weighted by molar-refractivity contribution is -0.111. The van der Waals surface area contributed by atoms with Crippen LogP contribution in [0.2, 0.25) is 0 Å². The highest BCUT2D eigenvalue weighted by atomic mass is 32.2. The second kappa shape index (κ2) is 8.45. The third-order valence-electron chi connectivity index (χ3n) is 4.37. The molecule has 1 amide bonds. The SMILES string of the molecule is O=C(/C=C/c1ccccc1F)Nc1cccc(S(=O)(=O)N2CCCCC2)c1. The maximum atomic E-state index is 13.6. The summed E-state index contributed by atoms with van der Waals surface area (Å²) >= 11 is 0. The average Bonchev–Trinajstić information content (AvgIpc) is 2.68. The fourth-order valence-electron chi connectivity index (χ4n) is 2.95. The van der Waals surface area contributed by atoms with Crippen LogP contribution in [0.5, 0.6) is 0 Å². The summed E-state index contributed by atoms with van der Waals surface area (Å²) in [6, 6.07) is 12.3. The van der Waals surface area contributed by atoms with Crippen LogP contribution >= 0.6 is 0 Å². The van der Waals surface area contributed by atoms with Crippen LogP contribution in [0.4, 0.5) is 10.1 Å². The van der Waals surface area contributed by atoms with E-state index < -0.39 is 21.7 Å². The molecule has 7 heteroatoms. The van der Waals surface area contributed by atoms with E-state index in [0.29, 0.717) is 24.3 Å². The monoisotopic (exact) mass is 388 g/mol. The van der Waals surface area contributed by atoms with Crippen LogP contribution in [0.25, 0.3) is 6.08 Å². The maximum absolute atomic E-state index is 13.6. The van der Waals surface area contributed by atoms with E-state index in [9.17, 15) is 17.6 Å². The Hall–Kier alpha value is -2.51. The number of hydrogen-bond acceptors (Lipinski definition) is 3. The van der Waals surface area contributed by atoms with Gasteiger partial charge in [-0.15, -0.1) is 0 Å². The van der Waals surface area contributed by atoms with Gasteiger partial charge in [-0.2, -0.15) is 4.31 Å². The van der Waals surface area contributed by atoms with Gasteiger partial charge in [0, 0.05) is 30.4 Å². The molecule has 0 aromatic heterocycles. The van der Waals surface area contributed by atoms with Gasteiger partial charge in [-0.1, -0.05) is 30.7 Å². The highest BCUT2D eigenvalue weighted by molar-refractivity contribution is 7.89. The molecular weight excluding hydrogens is 367 g/mol. The summed E-state index contributed by atoms with van der Waals surface area (Å²) < 4.78 is 40.5. The van der Waals surface area contributed by atoms with Crippen LogP contribution in [-0.2, 0) is 14.8 Å². The molecule has 0 spiro atoms. The first-order valence-corrected chi connectivity index (χ1v) is 10.2. The number of rotatable bonds is 5. The van der Waals surface area contributed by atoms with Crippen LogP contribution in [0.15, 0.2) is 59.5 Å². The molecule has 0 saturated carbocycles. The Labute approximate surface area is 158 Å². The van der Waals surface area contributed by atoms with Crippen LogP contribution in [0.3, 0.4) is 0 Å². The van der Waals surface area contributed by atoms with Gasteiger partial charge in [0.2, 0.25) is 15.9 Å². The summed E-state index contributed by atoms with van der Waals surface area (Å²) in [7, 11) is -3.57. The molecule has 1 N–H and O–H groups in total. The number of nitrogens with one attached hydrogen (secondary N) is 1. The molecule has 2 aromatic carbocycles. The first-order valence-electron chi connectivity index (χ1n) is 8.80. The van der Waals surface area contributed by atoms with Crippen LogP contribution in [0.1, 0.15) is 24.8 Å². The zero-order valence-corrected chi connectivity index (χ0v) is 15.6. The van der Waals surface area contributed by atoms with Crippen molar-refractivity contribution >= 4 is 27.7 Å². The Morgan fingerprint density at radius 3 is 2.52 bits per heavy atom. The molecule has 1 saturated heterocycles. The molecule has 1 aliphatic rings. The van der Waals surface area contributed by atoms with Crippen molar-refractivity contribution in [1.29, 1.82) is 0 Å². The molecule has 27 heavy (non-hydrogen) atoms. The second-order valence-corrected chi connectivity index (χ2v) is 8.27. The highest BCUT2D eigenvalue weighted by Gasteiger charge is 2.26. The number of piperidine rings is 1. The summed E-state index contributed by atoms with van der Waals surface area (Å²) in [5.74, 6) is -0.887. The van der Waals surface area contributed by atoms with Crippen molar-refractivity contribution in [3.8, 4) is 0 Å². The van der Waals surface area contributed by atoms with Crippen molar-refractivity contribution < 1.29 is 17.6 Å². The number of benzene rings is 2. The molecule has 1 aliphatic heterocycles. The molecular formula is C20H21FN2O3S. The van der Waals surface area contributed by atoms with Gasteiger partial charge in [-0.25, -0.2) is 12.8 Å². The molecule has 0 atom stereocenters. The standard InChI is InChI=1S/C20H21FN2O3S/c21-19-10-3-2-7-16(19)11-12-20(24)22-17-8-6-9-18(15-17)27(25,26)23-13-4-1-5-14-23/h2-3,6-12,15H,1,4-5,13-14H2,(H,22,24)/b12-11+. The zero-order valence-electron chi connectivity index (χ0n) is 14.8. The van der Waals surface area contributed by atoms with Crippen molar-refractivity contribution in [3.05, 3.63) is 66.0 Å². The molecule has 0 aliphatic carbocycles. The molecule has 0 bridgehead atoms. The fraction of sp³-hybridized carbons (Fsp3) is 0.250. The Morgan fingerprint density at radius 2 is 1.78 bits per heavy atom. The molecule has 1 fully saturated rings. The molecule has 3 rings (SSSR count). The minimum Gasteiger partial charge on any atom is -0.322 e. The first-order chi connectivity index (χ1) is 13.0. The largest absolute Gasteiger partial charge is 0.322 e. The lowest BCUT2D eigenvalue weighted by atomic mass is 10.2. The summed E-state index contributed by atoms with van der Waals surface area (Å²) in [6.45, 7) is 1.04. The topological polar surface area (TPSA) is 66.5 Å². The number of carbonyl (C=O) groups excluding carboxylic acids is 1. The summed E-state index contributed by atoms with van der Waals surface area (Å²) in [5, 5.41) is 2.62. The van der Waals surface area contributed by atoms with E-state index >= 15 is 0 Å². The van der Waals surface area contributed by atoms with Crippen molar-refractivity contribution in [2.45, 2.75) is 24.2 Å². The number of nitrogens with zero attached hydrogens (tertiary/aromatic N) is 1. The Bertz CT molecular complexity index is 951. The third kappa shape index (κ3) is 4.81. The van der Waals surface area contributed by atoms with Crippen LogP contribution < -0.4 is 5.32 Å². The molecule has 0 unspecified atom stereocenters. The van der Waals surface area contributed by atoms with Gasteiger partial charge in [0.1, 0.15) is 5.82 Å². The Morgan fingerprint density at radius 1 is 1.04 bits per heavy atom. The first kappa shape index (κ1) is 19.3. The smallest absolute Gasteiger partial charge is 0.248 e. The highest BCUT2D eigenvalue weighted by Crippen LogP contribution is 2.23. The number of halogens is 1. The van der Waals surface area contributed by atoms with Gasteiger partial charge >= 0.3 is 0 Å². The average molecular weight is 388 g/mol. The number of sulfonamides is 1. The minimum atomic E-state index is -3.57. The van der Waals surface area contributed by atoms with E-state index in [1.165, 1.54) is 34.7 Å². The van der Waals surface area contributed by atoms with Crippen molar-refractivity contribution in [2.24, 2.45) is 0 Å². The summed E-state index contributed by atoms with van der Waals surface area (Å²) in [6.07, 6.45) is 5.34. The van der Waals surface area contributed by atoms with Crippen LogP contribution in [0, 0.1) is 5.82 Å². The predicted molar refractivity (Wildman–Crippen MR) is 103 cm³/mol. The number of hydrogen-bond donors (Lipinski definition) is 1. The number of anilines is 1. The van der Waals surface area contributed by atoms with Gasteiger partial charge in [0.05, 0.1) is 4.90 Å². The summed E-state index contributed by atoms with van der Waals surface area (Å²) in [5.41, 5.74) is 0.672. The van der Waals surface area contributed by atoms with E-state index in [4.69, 9.17) is 0 Å². The van der Waals surface area contributed by atoms with Gasteiger partial charge in [-0.3, -0.25) is 4.79 Å². The molecule has 5 nitrogen and oxygen atoms in total.